The molecule has 0 aliphatic carbocycles. The van der Waals surface area contributed by atoms with Crippen LogP contribution in [0.25, 0.3) is 0 Å². The molecule has 1 amide bonds. The molecule has 2 heterocycles. The molecule has 1 fully saturated rings. The first-order valence-electron chi connectivity index (χ1n) is 7.70. The van der Waals surface area contributed by atoms with Crippen molar-refractivity contribution in [3.63, 3.8) is 0 Å². The first kappa shape index (κ1) is 18.7. The topological polar surface area (TPSA) is 67.3 Å². The Bertz CT molecular complexity index is 687. The first-order chi connectivity index (χ1) is 11.1. The van der Waals surface area contributed by atoms with Crippen LogP contribution in [0.4, 0.5) is 13.2 Å². The highest BCUT2D eigenvalue weighted by Crippen LogP contribution is 2.29. The average molecular weight is 364 g/mol. The molecule has 5 nitrogen and oxygen atoms in total. The maximum Gasteiger partial charge on any atom is 0.417 e. The van der Waals surface area contributed by atoms with E-state index in [0.29, 0.717) is 18.8 Å². The van der Waals surface area contributed by atoms with Crippen LogP contribution in [0.15, 0.2) is 23.4 Å². The summed E-state index contributed by atoms with van der Waals surface area (Å²) >= 11 is 0. The zero-order valence-electron chi connectivity index (χ0n) is 13.2. The number of amides is 1. The Labute approximate surface area is 138 Å². The number of piperidine rings is 1. The predicted molar refractivity (Wildman–Crippen MR) is 80.9 cm³/mol. The van der Waals surface area contributed by atoms with E-state index in [2.05, 4.69) is 4.98 Å². The molecular weight excluding hydrogens is 345 g/mol. The molecule has 9 heteroatoms. The highest BCUT2D eigenvalue weighted by Gasteiger charge is 2.33. The van der Waals surface area contributed by atoms with E-state index >= 15 is 0 Å². The number of sulfone groups is 1. The number of pyridine rings is 1. The van der Waals surface area contributed by atoms with Crippen molar-refractivity contribution in [2.24, 2.45) is 0 Å². The van der Waals surface area contributed by atoms with Gasteiger partial charge in [0.1, 0.15) is 5.75 Å². The maximum absolute atomic E-state index is 12.5. The molecule has 1 aliphatic heterocycles. The van der Waals surface area contributed by atoms with Gasteiger partial charge in [0.2, 0.25) is 15.7 Å². The number of hydrogen-bond acceptors (Lipinski definition) is 4. The van der Waals surface area contributed by atoms with E-state index in [9.17, 15) is 26.4 Å². The Balaban J connectivity index is 2.14. The van der Waals surface area contributed by atoms with Gasteiger partial charge < -0.3 is 4.90 Å². The molecule has 1 unspecified atom stereocenters. The van der Waals surface area contributed by atoms with Gasteiger partial charge in [-0.2, -0.15) is 13.2 Å². The Hall–Kier alpha value is -1.64. The lowest BCUT2D eigenvalue weighted by molar-refractivity contribution is -0.138. The van der Waals surface area contributed by atoms with Crippen LogP contribution < -0.4 is 0 Å². The van der Waals surface area contributed by atoms with Crippen LogP contribution in [0.5, 0.6) is 0 Å². The molecule has 1 saturated heterocycles. The normalized spacial score (nSPS) is 19.3. The zero-order valence-corrected chi connectivity index (χ0v) is 14.0. The largest absolute Gasteiger partial charge is 0.417 e. The third kappa shape index (κ3) is 4.25. The summed E-state index contributed by atoms with van der Waals surface area (Å²) in [7, 11) is -4.07. The SMILES string of the molecule is CCC1CCCCN1C(=O)CS(=O)(=O)c1ccc(C(F)(F)F)cn1. The van der Waals surface area contributed by atoms with Gasteiger partial charge in [-0.25, -0.2) is 13.4 Å². The lowest BCUT2D eigenvalue weighted by Crippen LogP contribution is -2.45. The van der Waals surface area contributed by atoms with E-state index in [-0.39, 0.29) is 6.04 Å². The van der Waals surface area contributed by atoms with Gasteiger partial charge in [0.15, 0.2) is 5.03 Å². The van der Waals surface area contributed by atoms with Crippen LogP contribution >= 0.6 is 0 Å². The number of aromatic nitrogens is 1. The number of nitrogens with zero attached hydrogens (tertiary/aromatic N) is 2. The molecule has 134 valence electrons. The van der Waals surface area contributed by atoms with Gasteiger partial charge in [0.25, 0.3) is 0 Å². The van der Waals surface area contributed by atoms with Crippen LogP contribution in [0.2, 0.25) is 0 Å². The van der Waals surface area contributed by atoms with Crippen molar-refractivity contribution in [3.8, 4) is 0 Å². The molecule has 1 aromatic heterocycles. The summed E-state index contributed by atoms with van der Waals surface area (Å²) in [5.41, 5.74) is -1.03. The summed E-state index contributed by atoms with van der Waals surface area (Å²) in [6.45, 7) is 2.44. The molecule has 24 heavy (non-hydrogen) atoms. The Morgan fingerprint density at radius 3 is 2.58 bits per heavy atom. The molecule has 1 aliphatic rings. The monoisotopic (exact) mass is 364 g/mol. The second-order valence-electron chi connectivity index (χ2n) is 5.79. The smallest absolute Gasteiger partial charge is 0.339 e. The third-order valence-corrected chi connectivity index (χ3v) is 5.62. The average Bonchev–Trinajstić information content (AvgIpc) is 2.53. The van der Waals surface area contributed by atoms with Crippen molar-refractivity contribution >= 4 is 15.7 Å². The van der Waals surface area contributed by atoms with E-state index < -0.39 is 38.3 Å². The summed E-state index contributed by atoms with van der Waals surface area (Å²) in [4.78, 5) is 17.3. The summed E-state index contributed by atoms with van der Waals surface area (Å²) in [5, 5.41) is -0.520. The molecule has 1 aromatic rings. The number of rotatable bonds is 4. The van der Waals surface area contributed by atoms with Crippen LogP contribution in [0.1, 0.15) is 38.2 Å². The predicted octanol–water partition coefficient (Wildman–Crippen LogP) is 2.67. The van der Waals surface area contributed by atoms with Crippen molar-refractivity contribution in [2.45, 2.75) is 49.9 Å². The van der Waals surface area contributed by atoms with Crippen molar-refractivity contribution < 1.29 is 26.4 Å². The van der Waals surface area contributed by atoms with Crippen LogP contribution in [-0.4, -0.2) is 42.5 Å². The molecule has 0 aromatic carbocycles. The van der Waals surface area contributed by atoms with Crippen molar-refractivity contribution in [1.82, 2.24) is 9.88 Å². The quantitative estimate of drug-likeness (QED) is 0.824. The number of carbonyl (C=O) groups excluding carboxylic acids is 1. The fourth-order valence-electron chi connectivity index (χ4n) is 2.80. The lowest BCUT2D eigenvalue weighted by atomic mass is 10.0. The second kappa shape index (κ2) is 7.08. The molecule has 0 radical (unpaired) electrons. The standard InChI is InChI=1S/C15H19F3N2O3S/c1-2-12-5-3-4-8-20(12)14(21)10-24(22,23)13-7-6-11(9-19-13)15(16,17)18/h6-7,9,12H,2-5,8,10H2,1H3. The molecule has 0 spiro atoms. The lowest BCUT2D eigenvalue weighted by Gasteiger charge is -2.35. The van der Waals surface area contributed by atoms with Gasteiger partial charge in [-0.1, -0.05) is 6.92 Å². The van der Waals surface area contributed by atoms with Crippen LogP contribution in [0, 0.1) is 0 Å². The maximum atomic E-state index is 12.5. The van der Waals surface area contributed by atoms with E-state index in [1.165, 1.54) is 0 Å². The van der Waals surface area contributed by atoms with Gasteiger partial charge in [0.05, 0.1) is 5.56 Å². The number of halogens is 3. The minimum Gasteiger partial charge on any atom is -0.339 e. The van der Waals surface area contributed by atoms with E-state index in [0.717, 1.165) is 31.7 Å². The minimum absolute atomic E-state index is 0.0158. The van der Waals surface area contributed by atoms with Gasteiger partial charge in [-0.05, 0) is 37.8 Å². The summed E-state index contributed by atoms with van der Waals surface area (Å²) in [6, 6.07) is 1.46. The fourth-order valence-corrected chi connectivity index (χ4v) is 3.93. The molecule has 0 bridgehead atoms. The van der Waals surface area contributed by atoms with E-state index in [4.69, 9.17) is 0 Å². The Kier molecular flexibility index (Phi) is 5.52. The van der Waals surface area contributed by atoms with Gasteiger partial charge in [-0.15, -0.1) is 0 Å². The molecular formula is C15H19F3N2O3S. The van der Waals surface area contributed by atoms with Crippen molar-refractivity contribution in [2.75, 3.05) is 12.3 Å². The highest BCUT2D eigenvalue weighted by molar-refractivity contribution is 7.92. The van der Waals surface area contributed by atoms with Gasteiger partial charge in [0, 0.05) is 18.8 Å². The Morgan fingerprint density at radius 2 is 2.04 bits per heavy atom. The first-order valence-corrected chi connectivity index (χ1v) is 9.36. The third-order valence-electron chi connectivity index (χ3n) is 4.11. The van der Waals surface area contributed by atoms with Gasteiger partial charge >= 0.3 is 6.18 Å². The summed E-state index contributed by atoms with van der Waals surface area (Å²) < 4.78 is 62.0. The number of carbonyl (C=O) groups is 1. The number of likely N-dealkylation sites (tertiary alicyclic amines) is 1. The number of alkyl halides is 3. The molecule has 2 rings (SSSR count). The van der Waals surface area contributed by atoms with Crippen molar-refractivity contribution in [1.29, 1.82) is 0 Å². The minimum atomic E-state index is -4.59. The summed E-state index contributed by atoms with van der Waals surface area (Å²) in [6.07, 6.45) is -0.734. The highest BCUT2D eigenvalue weighted by atomic mass is 32.2. The Morgan fingerprint density at radius 1 is 1.33 bits per heavy atom. The fraction of sp³-hybridized carbons (Fsp3) is 0.600. The number of hydrogen-bond donors (Lipinski definition) is 0. The zero-order chi connectivity index (χ0) is 18.0. The van der Waals surface area contributed by atoms with E-state index in [1.54, 1.807) is 4.90 Å². The van der Waals surface area contributed by atoms with E-state index in [1.807, 2.05) is 6.92 Å². The molecule has 0 saturated carbocycles. The second-order valence-corrected chi connectivity index (χ2v) is 7.72. The van der Waals surface area contributed by atoms with Crippen LogP contribution in [-0.2, 0) is 20.8 Å². The summed E-state index contributed by atoms with van der Waals surface area (Å²) in [5.74, 6) is -1.30. The van der Waals surface area contributed by atoms with Gasteiger partial charge in [-0.3, -0.25) is 4.79 Å². The molecule has 1 atom stereocenters. The van der Waals surface area contributed by atoms with Crippen LogP contribution in [0.3, 0.4) is 0 Å². The van der Waals surface area contributed by atoms with Crippen molar-refractivity contribution in [3.05, 3.63) is 23.9 Å². The molecule has 0 N–H and O–H groups in total.